The number of likely N-dealkylation sites (tertiary alicyclic amines) is 1. The van der Waals surface area contributed by atoms with Gasteiger partial charge < -0.3 is 14.2 Å². The molecule has 0 atom stereocenters. The highest BCUT2D eigenvalue weighted by molar-refractivity contribution is 5.91. The summed E-state index contributed by atoms with van der Waals surface area (Å²) in [4.78, 5) is 17.3. The number of fused-ring (bicyclic) bond motifs is 1. The third-order valence-electron chi connectivity index (χ3n) is 6.11. The van der Waals surface area contributed by atoms with Crippen LogP contribution in [0.1, 0.15) is 34.7 Å². The van der Waals surface area contributed by atoms with Crippen LogP contribution in [0.2, 0.25) is 0 Å². The zero-order valence-electron chi connectivity index (χ0n) is 16.5. The topological polar surface area (TPSA) is 54.5 Å². The molecule has 5 rings (SSSR count). The van der Waals surface area contributed by atoms with Crippen molar-refractivity contribution in [3.8, 4) is 0 Å². The van der Waals surface area contributed by atoms with Gasteiger partial charge in [0.05, 0.1) is 6.54 Å². The van der Waals surface area contributed by atoms with E-state index < -0.39 is 0 Å². The molecular formula is C23H26N4O2. The molecule has 0 unspecified atom stereocenters. The lowest BCUT2D eigenvalue weighted by Crippen LogP contribution is -2.41. The summed E-state index contributed by atoms with van der Waals surface area (Å²) in [6.45, 7) is 4.35. The quantitative estimate of drug-likeness (QED) is 0.670. The number of hydrogen-bond donors (Lipinski definition) is 0. The van der Waals surface area contributed by atoms with Crippen molar-refractivity contribution in [3.63, 3.8) is 0 Å². The van der Waals surface area contributed by atoms with Gasteiger partial charge in [-0.25, -0.2) is 0 Å². The first-order valence-corrected chi connectivity index (χ1v) is 10.4. The van der Waals surface area contributed by atoms with E-state index in [0.29, 0.717) is 18.2 Å². The fourth-order valence-corrected chi connectivity index (χ4v) is 4.51. The highest BCUT2D eigenvalue weighted by Crippen LogP contribution is 2.30. The van der Waals surface area contributed by atoms with E-state index in [9.17, 15) is 4.79 Å². The lowest BCUT2D eigenvalue weighted by atomic mass is 9.96. The van der Waals surface area contributed by atoms with Crippen LogP contribution in [0.5, 0.6) is 0 Å². The van der Waals surface area contributed by atoms with Crippen LogP contribution < -0.4 is 4.90 Å². The van der Waals surface area contributed by atoms with Crippen LogP contribution in [-0.2, 0) is 13.0 Å². The molecule has 4 heterocycles. The van der Waals surface area contributed by atoms with Crippen molar-refractivity contribution < 1.29 is 9.21 Å². The highest BCUT2D eigenvalue weighted by atomic mass is 16.4. The fourth-order valence-electron chi connectivity index (χ4n) is 4.51. The smallest absolute Gasteiger partial charge is 0.289 e. The van der Waals surface area contributed by atoms with Gasteiger partial charge >= 0.3 is 0 Å². The maximum absolute atomic E-state index is 12.8. The minimum absolute atomic E-state index is 0.00156. The van der Waals surface area contributed by atoms with Crippen LogP contribution in [-0.4, -0.2) is 46.8 Å². The molecule has 0 aliphatic carbocycles. The molecule has 29 heavy (non-hydrogen) atoms. The predicted octanol–water partition coefficient (Wildman–Crippen LogP) is 3.44. The molecule has 2 aromatic heterocycles. The first-order valence-electron chi connectivity index (χ1n) is 10.4. The molecule has 6 nitrogen and oxygen atoms in total. The molecule has 0 spiro atoms. The Morgan fingerprint density at radius 2 is 1.93 bits per heavy atom. The normalized spacial score (nSPS) is 17.0. The fraction of sp³-hybridized carbons (Fsp3) is 0.391. The molecule has 1 aromatic carbocycles. The second-order valence-corrected chi connectivity index (χ2v) is 8.03. The maximum Gasteiger partial charge on any atom is 0.289 e. The second-order valence-electron chi connectivity index (χ2n) is 8.03. The number of piperidine rings is 1. The van der Waals surface area contributed by atoms with Crippen molar-refractivity contribution in [2.75, 3.05) is 31.1 Å². The highest BCUT2D eigenvalue weighted by Gasteiger charge is 2.28. The Balaban J connectivity index is 1.15. The lowest BCUT2D eigenvalue weighted by molar-refractivity contribution is 0.0658. The van der Waals surface area contributed by atoms with E-state index in [0.717, 1.165) is 51.2 Å². The van der Waals surface area contributed by atoms with Gasteiger partial charge in [-0.1, -0.05) is 18.2 Å². The monoisotopic (exact) mass is 390 g/mol. The van der Waals surface area contributed by atoms with E-state index >= 15 is 0 Å². The Morgan fingerprint density at radius 1 is 1.07 bits per heavy atom. The number of carbonyl (C=O) groups excluding carboxylic acids is 1. The molecule has 1 fully saturated rings. The predicted molar refractivity (Wildman–Crippen MR) is 111 cm³/mol. The zero-order chi connectivity index (χ0) is 19.6. The van der Waals surface area contributed by atoms with Gasteiger partial charge in [-0.2, -0.15) is 5.10 Å². The van der Waals surface area contributed by atoms with Gasteiger partial charge in [0.25, 0.3) is 5.91 Å². The number of aromatic nitrogens is 2. The minimum Gasteiger partial charge on any atom is -0.454 e. The van der Waals surface area contributed by atoms with Gasteiger partial charge in [0, 0.05) is 44.3 Å². The van der Waals surface area contributed by atoms with Crippen molar-refractivity contribution in [2.24, 2.45) is 5.92 Å². The summed E-state index contributed by atoms with van der Waals surface area (Å²) in [5.41, 5.74) is 2.86. The van der Waals surface area contributed by atoms with Crippen LogP contribution >= 0.6 is 0 Å². The molecule has 0 radical (unpaired) electrons. The van der Waals surface area contributed by atoms with E-state index in [4.69, 9.17) is 4.42 Å². The number of furan rings is 1. The van der Waals surface area contributed by atoms with Gasteiger partial charge in [-0.05, 0) is 55.0 Å². The summed E-state index contributed by atoms with van der Waals surface area (Å²) >= 11 is 0. The molecule has 3 aromatic rings. The van der Waals surface area contributed by atoms with Crippen LogP contribution in [0.3, 0.4) is 0 Å². The van der Waals surface area contributed by atoms with E-state index in [1.54, 1.807) is 16.9 Å². The molecule has 150 valence electrons. The zero-order valence-corrected chi connectivity index (χ0v) is 16.5. The summed E-state index contributed by atoms with van der Waals surface area (Å²) in [5, 5.41) is 4.18. The standard InChI is InChI=1S/C23H26N4O2/c28-23(22-7-6-20(29-22)17-27-12-3-11-24-27)25-13-8-18(9-14-25)16-26-15-10-19-4-1-2-5-21(19)26/h1-7,11-12,18H,8-10,13-17H2. The molecule has 2 aliphatic rings. The van der Waals surface area contributed by atoms with Crippen LogP contribution in [0, 0.1) is 5.92 Å². The Hall–Kier alpha value is -3.02. The molecule has 0 saturated carbocycles. The third-order valence-corrected chi connectivity index (χ3v) is 6.11. The number of rotatable bonds is 5. The van der Waals surface area contributed by atoms with E-state index in [-0.39, 0.29) is 5.91 Å². The molecular weight excluding hydrogens is 364 g/mol. The van der Waals surface area contributed by atoms with Crippen molar-refractivity contribution >= 4 is 11.6 Å². The summed E-state index contributed by atoms with van der Waals surface area (Å²) in [6.07, 6.45) is 6.86. The number of carbonyl (C=O) groups is 1. The lowest BCUT2D eigenvalue weighted by Gasteiger charge is -2.34. The number of benzene rings is 1. The number of hydrogen-bond acceptors (Lipinski definition) is 4. The molecule has 0 N–H and O–H groups in total. The van der Waals surface area contributed by atoms with Gasteiger partial charge in [0.15, 0.2) is 5.76 Å². The van der Waals surface area contributed by atoms with Crippen LogP contribution in [0.15, 0.2) is 59.3 Å². The molecule has 1 saturated heterocycles. The number of amides is 1. The Morgan fingerprint density at radius 3 is 2.76 bits per heavy atom. The van der Waals surface area contributed by atoms with Gasteiger partial charge in [-0.3, -0.25) is 9.48 Å². The summed E-state index contributed by atoms with van der Waals surface area (Å²) in [5.74, 6) is 1.82. The van der Waals surface area contributed by atoms with E-state index in [2.05, 4.69) is 34.3 Å². The Bertz CT molecular complexity index is 970. The van der Waals surface area contributed by atoms with Crippen molar-refractivity contribution in [2.45, 2.75) is 25.8 Å². The SMILES string of the molecule is O=C(c1ccc(Cn2cccn2)o1)N1CCC(CN2CCc3ccccc32)CC1. The largest absolute Gasteiger partial charge is 0.454 e. The molecule has 0 bridgehead atoms. The van der Waals surface area contributed by atoms with Crippen LogP contribution in [0.25, 0.3) is 0 Å². The first kappa shape index (κ1) is 18.0. The number of para-hydroxylation sites is 1. The van der Waals surface area contributed by atoms with Crippen molar-refractivity contribution in [1.82, 2.24) is 14.7 Å². The van der Waals surface area contributed by atoms with Crippen molar-refractivity contribution in [1.29, 1.82) is 0 Å². The maximum atomic E-state index is 12.8. The Kier molecular flexibility index (Phi) is 4.84. The Labute approximate surface area is 170 Å². The van der Waals surface area contributed by atoms with Gasteiger partial charge in [-0.15, -0.1) is 0 Å². The van der Waals surface area contributed by atoms with Crippen LogP contribution in [0.4, 0.5) is 5.69 Å². The summed E-state index contributed by atoms with van der Waals surface area (Å²) in [7, 11) is 0. The van der Waals surface area contributed by atoms with Gasteiger partial charge in [0.2, 0.25) is 0 Å². The summed E-state index contributed by atoms with van der Waals surface area (Å²) < 4.78 is 7.57. The average molecular weight is 390 g/mol. The molecule has 2 aliphatic heterocycles. The molecule has 1 amide bonds. The van der Waals surface area contributed by atoms with E-state index in [1.807, 2.05) is 23.2 Å². The first-order chi connectivity index (χ1) is 14.3. The van der Waals surface area contributed by atoms with Crippen molar-refractivity contribution in [3.05, 3.63) is 71.9 Å². The minimum atomic E-state index is 0.00156. The van der Waals surface area contributed by atoms with Gasteiger partial charge in [0.1, 0.15) is 5.76 Å². The second kappa shape index (κ2) is 7.78. The summed E-state index contributed by atoms with van der Waals surface area (Å²) in [6, 6.07) is 14.3. The number of anilines is 1. The molecule has 6 heteroatoms. The third kappa shape index (κ3) is 3.79. The average Bonchev–Trinajstić information content (AvgIpc) is 3.51. The van der Waals surface area contributed by atoms with E-state index in [1.165, 1.54) is 11.3 Å². The number of nitrogens with zero attached hydrogens (tertiary/aromatic N) is 4.